The number of urea groups is 2. The Labute approximate surface area is 502 Å². The fourth-order valence-corrected chi connectivity index (χ4v) is 10.3. The Hall–Kier alpha value is -9.48. The van der Waals surface area contributed by atoms with Gasteiger partial charge in [0.1, 0.15) is 0 Å². The van der Waals surface area contributed by atoms with E-state index in [9.17, 15) is 41.9 Å². The van der Waals surface area contributed by atoms with Gasteiger partial charge in [-0.2, -0.15) is 13.2 Å². The van der Waals surface area contributed by atoms with Crippen molar-refractivity contribution in [3.8, 4) is 11.1 Å². The van der Waals surface area contributed by atoms with Crippen molar-refractivity contribution in [2.24, 2.45) is 0 Å². The summed E-state index contributed by atoms with van der Waals surface area (Å²) in [5.41, 5.74) is 10.6. The largest absolute Gasteiger partial charge is 0.481 e. The summed E-state index contributed by atoms with van der Waals surface area (Å²) in [4.78, 5) is 74.8. The minimum atomic E-state index is -4.69. The highest BCUT2D eigenvalue weighted by atomic mass is 35.5. The molecule has 0 heterocycles. The van der Waals surface area contributed by atoms with Crippen LogP contribution in [0.3, 0.4) is 0 Å². The Morgan fingerprint density at radius 1 is 0.570 bits per heavy atom. The van der Waals surface area contributed by atoms with Crippen LogP contribution in [0.4, 0.5) is 34.1 Å². The average Bonchev–Trinajstić information content (AvgIpc) is 3.00. The van der Waals surface area contributed by atoms with Crippen molar-refractivity contribution < 1.29 is 52.2 Å². The molecular formula is C68H66ClF3N6O8. The zero-order chi connectivity index (χ0) is 61.0. The molecule has 0 saturated heterocycles. The number of aliphatic carboxylic acids is 2. The summed E-state index contributed by atoms with van der Waals surface area (Å²) in [7, 11) is 0. The first-order valence-electron chi connectivity index (χ1n) is 28.4. The van der Waals surface area contributed by atoms with Gasteiger partial charge in [0.05, 0.1) is 36.0 Å². The van der Waals surface area contributed by atoms with Gasteiger partial charge in [0.25, 0.3) is 11.8 Å². The van der Waals surface area contributed by atoms with Gasteiger partial charge < -0.3 is 36.8 Å². The molecule has 0 radical (unpaired) electrons. The molecule has 1 atom stereocenters. The van der Waals surface area contributed by atoms with Crippen molar-refractivity contribution in [1.82, 2.24) is 21.3 Å². The van der Waals surface area contributed by atoms with Crippen LogP contribution in [0, 0.1) is 0 Å². The predicted octanol–water partition coefficient (Wildman–Crippen LogP) is 14.9. The number of carbonyl (C=O) groups is 6. The Morgan fingerprint density at radius 3 is 1.63 bits per heavy atom. The summed E-state index contributed by atoms with van der Waals surface area (Å²) < 4.78 is 39.9. The van der Waals surface area contributed by atoms with E-state index in [2.05, 4.69) is 69.1 Å². The van der Waals surface area contributed by atoms with E-state index in [1.807, 2.05) is 84.9 Å². The molecule has 9 rings (SSSR count). The number of hydrogen-bond acceptors (Lipinski definition) is 6. The predicted molar refractivity (Wildman–Crippen MR) is 329 cm³/mol. The van der Waals surface area contributed by atoms with Gasteiger partial charge in [-0.1, -0.05) is 139 Å². The number of carboxylic acid groups (broad SMARTS) is 2. The molecule has 2 aliphatic carbocycles. The molecule has 7 N–H and O–H groups in total. The average molecular weight is 1190 g/mol. The first-order chi connectivity index (χ1) is 41.5. The van der Waals surface area contributed by atoms with Gasteiger partial charge >= 0.3 is 30.2 Å². The van der Waals surface area contributed by atoms with Crippen LogP contribution >= 0.6 is 11.6 Å². The van der Waals surface area contributed by atoms with Gasteiger partial charge in [-0.3, -0.25) is 24.1 Å². The number of nitrogens with zero attached hydrogens (tertiary/aromatic N) is 1. The van der Waals surface area contributed by atoms with Gasteiger partial charge in [0.2, 0.25) is 0 Å². The van der Waals surface area contributed by atoms with Crippen LogP contribution in [0.25, 0.3) is 22.3 Å². The number of hydrogen-bond donors (Lipinski definition) is 7. The van der Waals surface area contributed by atoms with Gasteiger partial charge in [-0.15, -0.1) is 0 Å². The third-order valence-electron chi connectivity index (χ3n) is 14.6. The number of rotatable bonds is 20. The summed E-state index contributed by atoms with van der Waals surface area (Å²) in [6.07, 6.45) is 8.38. The van der Waals surface area contributed by atoms with Crippen molar-refractivity contribution >= 4 is 69.9 Å². The second-order valence-electron chi connectivity index (χ2n) is 20.7. The molecule has 2 aliphatic rings. The van der Waals surface area contributed by atoms with Crippen molar-refractivity contribution in [1.29, 1.82) is 0 Å². The number of nitrogens with one attached hydrogen (secondary N) is 5. The second kappa shape index (κ2) is 30.4. The van der Waals surface area contributed by atoms with E-state index in [1.165, 1.54) is 35.6 Å². The van der Waals surface area contributed by atoms with E-state index in [1.54, 1.807) is 41.3 Å². The van der Waals surface area contributed by atoms with Crippen LogP contribution in [0.2, 0.25) is 5.02 Å². The number of amides is 6. The fourth-order valence-electron chi connectivity index (χ4n) is 10.1. The topological polar surface area (TPSA) is 206 Å². The van der Waals surface area contributed by atoms with Crippen LogP contribution in [-0.2, 0) is 28.9 Å². The highest BCUT2D eigenvalue weighted by molar-refractivity contribution is 6.31. The summed E-state index contributed by atoms with van der Waals surface area (Å²) in [5.74, 6) is -2.78. The third-order valence-corrected chi connectivity index (χ3v) is 15.0. The normalized spacial score (nSPS) is 13.3. The van der Waals surface area contributed by atoms with Gasteiger partial charge in [0.15, 0.2) is 0 Å². The maximum atomic E-state index is 13.8. The Balaban J connectivity index is 0.000000224. The van der Waals surface area contributed by atoms with Crippen molar-refractivity contribution in [3.63, 3.8) is 0 Å². The van der Waals surface area contributed by atoms with Crippen molar-refractivity contribution in [2.45, 2.75) is 89.5 Å². The molecule has 0 spiro atoms. The lowest BCUT2D eigenvalue weighted by Gasteiger charge is -2.24. The number of halogens is 4. The van der Waals surface area contributed by atoms with E-state index < -0.39 is 46.7 Å². The summed E-state index contributed by atoms with van der Waals surface area (Å²) in [6.45, 7) is 0.698. The third kappa shape index (κ3) is 18.0. The lowest BCUT2D eigenvalue weighted by Crippen LogP contribution is -2.39. The SMILES string of the molecule is O=C(O)CCNC(=O)c1ccc(C(NC(=O)Nc2ccc(Cl)c(C(F)(F)F)c2)c2ccc(C3=CCCCC3)cc2)cc1.O=C(O)CCNC(=O)c1ccc(CN(C(=O)NCc2ccccc2-c2ccccc2)c2ccc(C3=CCCCC3)cc2)cc1. The number of anilines is 2. The highest BCUT2D eigenvalue weighted by Crippen LogP contribution is 2.37. The number of alkyl halides is 3. The molecular weight excluding hydrogens is 1120 g/mol. The minimum absolute atomic E-state index is 0.0240. The molecule has 6 amide bonds. The van der Waals surface area contributed by atoms with Gasteiger partial charge in [-0.05, 0) is 162 Å². The molecule has 14 nitrogen and oxygen atoms in total. The number of carboxylic acids is 2. The number of carbonyl (C=O) groups excluding carboxylic acids is 4. The summed E-state index contributed by atoms with van der Waals surface area (Å²) >= 11 is 5.70. The molecule has 0 aromatic heterocycles. The molecule has 86 heavy (non-hydrogen) atoms. The first kappa shape index (κ1) is 62.6. The number of allylic oxidation sites excluding steroid dienone is 4. The molecule has 1 unspecified atom stereocenters. The first-order valence-corrected chi connectivity index (χ1v) is 28.8. The standard InChI is InChI=1S/C37H37N3O4.C31H29ClF3N3O4/c41-35(42)23-24-38-36(43)31-17-15-27(16-18-31)26-40(33-21-19-29(20-22-33)28-9-3-1-4-10-28)37(44)39-25-32-13-7-8-14-34(32)30-11-5-2-6-12-30;32-26-15-14-24(18-25(26)31(33,34)35)37-30(42)38-28(21-8-6-20(7-9-21)19-4-2-1-3-5-19)22-10-12-23(13-11-22)29(41)36-17-16-27(39)40/h2,5-9,11-22H,1,3-4,10,23-26H2,(H,38,43)(H,39,44)(H,41,42);4,6-15,18,28H,1-3,5,16-17H2,(H,36,41)(H,39,40)(H2,37,38,42). The van der Waals surface area contributed by atoms with Gasteiger partial charge in [-0.25, -0.2) is 9.59 Å². The maximum absolute atomic E-state index is 13.8. The lowest BCUT2D eigenvalue weighted by atomic mass is 9.91. The molecule has 0 bridgehead atoms. The van der Waals surface area contributed by atoms with Crippen LogP contribution in [0.15, 0.2) is 182 Å². The van der Waals surface area contributed by atoms with Gasteiger partial charge in [0, 0.05) is 42.1 Å². The fraction of sp³-hybridized carbons (Fsp3) is 0.235. The monoisotopic (exact) mass is 1190 g/mol. The Bertz CT molecular complexity index is 3560. The van der Waals surface area contributed by atoms with E-state index in [-0.39, 0.29) is 43.6 Å². The molecule has 7 aromatic carbocycles. The second-order valence-corrected chi connectivity index (χ2v) is 21.1. The van der Waals surface area contributed by atoms with Crippen LogP contribution in [-0.4, -0.2) is 59.1 Å². The molecule has 0 saturated carbocycles. The summed E-state index contributed by atoms with van der Waals surface area (Å²) in [6, 6.07) is 48.9. The van der Waals surface area contributed by atoms with Crippen molar-refractivity contribution in [2.75, 3.05) is 23.3 Å². The molecule has 0 aliphatic heterocycles. The zero-order valence-corrected chi connectivity index (χ0v) is 47.9. The van der Waals surface area contributed by atoms with Crippen LogP contribution in [0.1, 0.15) is 130 Å². The van der Waals surface area contributed by atoms with E-state index in [0.717, 1.165) is 89.7 Å². The van der Waals surface area contributed by atoms with Crippen LogP contribution < -0.4 is 31.5 Å². The molecule has 7 aromatic rings. The summed E-state index contributed by atoms with van der Waals surface area (Å²) in [5, 5.41) is 30.7. The Kier molecular flexibility index (Phi) is 22.1. The van der Waals surface area contributed by atoms with E-state index in [4.69, 9.17) is 21.8 Å². The van der Waals surface area contributed by atoms with Crippen LogP contribution in [0.5, 0.6) is 0 Å². The Morgan fingerprint density at radius 2 is 1.09 bits per heavy atom. The minimum Gasteiger partial charge on any atom is -0.481 e. The zero-order valence-electron chi connectivity index (χ0n) is 47.1. The smallest absolute Gasteiger partial charge is 0.417 e. The maximum Gasteiger partial charge on any atom is 0.417 e. The quantitative estimate of drug-likeness (QED) is 0.0390. The van der Waals surface area contributed by atoms with Crippen molar-refractivity contribution in [3.05, 3.63) is 237 Å². The highest BCUT2D eigenvalue weighted by Gasteiger charge is 2.34. The van der Waals surface area contributed by atoms with E-state index >= 15 is 0 Å². The number of benzene rings is 7. The van der Waals surface area contributed by atoms with E-state index in [0.29, 0.717) is 29.8 Å². The molecule has 18 heteroatoms. The molecule has 0 fully saturated rings. The lowest BCUT2D eigenvalue weighted by molar-refractivity contribution is -0.138. The molecule has 444 valence electrons.